The number of aromatic hydroxyl groups is 1. The summed E-state index contributed by atoms with van der Waals surface area (Å²) in [5.41, 5.74) is 4.18. The molecule has 0 aromatic heterocycles. The highest BCUT2D eigenvalue weighted by atomic mass is 16.3. The third kappa shape index (κ3) is 3.74. The first kappa shape index (κ1) is 25.3. The first-order valence-electron chi connectivity index (χ1n) is 13.0. The number of hydrogen-bond acceptors (Lipinski definition) is 8. The summed E-state index contributed by atoms with van der Waals surface area (Å²) in [5.74, 6) is -5.40. The predicted molar refractivity (Wildman–Crippen MR) is 136 cm³/mol. The molecule has 0 bridgehead atoms. The molecule has 0 aliphatic heterocycles. The van der Waals surface area contributed by atoms with E-state index in [0.717, 1.165) is 12.1 Å². The Bertz CT molecular complexity index is 1270. The lowest BCUT2D eigenvalue weighted by atomic mass is 9.59. The molecule has 4 aliphatic rings. The number of carbonyl (C=O) groups excluding carboxylic acids is 3. The molecule has 9 nitrogen and oxygen atoms in total. The van der Waals surface area contributed by atoms with Gasteiger partial charge in [-0.25, -0.2) is 0 Å². The number of anilines is 1. The minimum atomic E-state index is -2.55. The zero-order chi connectivity index (χ0) is 26.8. The molecule has 198 valence electrons. The Morgan fingerprint density at radius 1 is 1.14 bits per heavy atom. The largest absolute Gasteiger partial charge is 0.508 e. The number of nitrogens with zero attached hydrogens (tertiary/aromatic N) is 1. The van der Waals surface area contributed by atoms with Crippen LogP contribution in [0.2, 0.25) is 0 Å². The molecule has 4 aliphatic carbocycles. The third-order valence-corrected chi connectivity index (χ3v) is 8.90. The van der Waals surface area contributed by atoms with Gasteiger partial charge in [-0.05, 0) is 54.7 Å². The molecule has 0 saturated heterocycles. The van der Waals surface area contributed by atoms with Crippen LogP contribution in [0.1, 0.15) is 61.6 Å². The van der Waals surface area contributed by atoms with Crippen molar-refractivity contribution in [2.24, 2.45) is 23.5 Å². The molecule has 1 amide bonds. The number of nitrogens with two attached hydrogens (primary N) is 1. The number of aliphatic hydroxyl groups is 3. The Kier molecular flexibility index (Phi) is 6.09. The highest BCUT2D eigenvalue weighted by Gasteiger charge is 2.60. The summed E-state index contributed by atoms with van der Waals surface area (Å²) >= 11 is 0. The standard InChI is InChI=1S/C28H34N2O7/c1-30(2)18-11-14(8-7-13-5-3-4-6-13)23(32)21-17(18)10-15-9-16-12-19(31)22(27(29)36)26(35)28(16,37)25(34)20(15)24(21)33/h11,13,15-16,32-33,35,37H,3-10,12H2,1-2H3,(H2,29,36). The minimum Gasteiger partial charge on any atom is -0.508 e. The molecular weight excluding hydrogens is 476 g/mol. The van der Waals surface area contributed by atoms with E-state index >= 15 is 0 Å². The van der Waals surface area contributed by atoms with Crippen molar-refractivity contribution in [3.05, 3.63) is 39.7 Å². The Balaban J connectivity index is 1.63. The van der Waals surface area contributed by atoms with E-state index < -0.39 is 52.0 Å². The lowest BCUT2D eigenvalue weighted by Crippen LogP contribution is -2.58. The molecule has 37 heavy (non-hydrogen) atoms. The molecule has 6 N–H and O–H groups in total. The van der Waals surface area contributed by atoms with Gasteiger partial charge < -0.3 is 31.1 Å². The van der Waals surface area contributed by atoms with Gasteiger partial charge in [0, 0.05) is 37.7 Å². The molecule has 9 heteroatoms. The van der Waals surface area contributed by atoms with Crippen molar-refractivity contribution in [3.63, 3.8) is 0 Å². The Labute approximate surface area is 215 Å². The molecule has 3 atom stereocenters. The van der Waals surface area contributed by atoms with Crippen LogP contribution in [-0.4, -0.2) is 57.6 Å². The van der Waals surface area contributed by atoms with Gasteiger partial charge in [0.25, 0.3) is 5.91 Å². The van der Waals surface area contributed by atoms with Crippen molar-refractivity contribution >= 4 is 28.9 Å². The maximum absolute atomic E-state index is 13.7. The molecule has 1 aromatic carbocycles. The average Bonchev–Trinajstić information content (AvgIpc) is 3.34. The second-order valence-electron chi connectivity index (χ2n) is 11.2. The molecule has 0 radical (unpaired) electrons. The Hall–Kier alpha value is -3.33. The van der Waals surface area contributed by atoms with Gasteiger partial charge in [-0.2, -0.15) is 0 Å². The number of hydrogen-bond donors (Lipinski definition) is 5. The lowest BCUT2D eigenvalue weighted by Gasteiger charge is -2.46. The van der Waals surface area contributed by atoms with E-state index in [-0.39, 0.29) is 29.7 Å². The van der Waals surface area contributed by atoms with Crippen molar-refractivity contribution in [1.82, 2.24) is 0 Å². The summed E-state index contributed by atoms with van der Waals surface area (Å²) in [6.45, 7) is 0. The highest BCUT2D eigenvalue weighted by Crippen LogP contribution is 2.53. The van der Waals surface area contributed by atoms with Crippen LogP contribution in [0.15, 0.2) is 23.0 Å². The van der Waals surface area contributed by atoms with Crippen LogP contribution < -0.4 is 10.6 Å². The quantitative estimate of drug-likeness (QED) is 0.378. The number of phenolic OH excluding ortho intramolecular Hbond substituents is 1. The van der Waals surface area contributed by atoms with Gasteiger partial charge in [-0.3, -0.25) is 14.4 Å². The van der Waals surface area contributed by atoms with E-state index in [9.17, 15) is 34.8 Å². The van der Waals surface area contributed by atoms with Gasteiger partial charge in [-0.15, -0.1) is 0 Å². The normalized spacial score (nSPS) is 27.8. The number of aryl methyl sites for hydroxylation is 1. The predicted octanol–water partition coefficient (Wildman–Crippen LogP) is 2.61. The molecule has 2 saturated carbocycles. The Morgan fingerprint density at radius 3 is 2.43 bits per heavy atom. The number of phenols is 1. The second kappa shape index (κ2) is 8.90. The van der Waals surface area contributed by atoms with E-state index in [2.05, 4.69) is 0 Å². The lowest BCUT2D eigenvalue weighted by molar-refractivity contribution is -0.147. The zero-order valence-electron chi connectivity index (χ0n) is 21.2. The topological polar surface area (TPSA) is 161 Å². The van der Waals surface area contributed by atoms with Crippen LogP contribution in [0, 0.1) is 17.8 Å². The van der Waals surface area contributed by atoms with Crippen LogP contribution in [0.25, 0.3) is 5.76 Å². The van der Waals surface area contributed by atoms with Gasteiger partial charge >= 0.3 is 0 Å². The van der Waals surface area contributed by atoms with Crippen LogP contribution in [-0.2, 0) is 27.2 Å². The monoisotopic (exact) mass is 510 g/mol. The van der Waals surface area contributed by atoms with Crippen molar-refractivity contribution in [3.8, 4) is 5.75 Å². The van der Waals surface area contributed by atoms with Gasteiger partial charge in [0.1, 0.15) is 22.8 Å². The van der Waals surface area contributed by atoms with Gasteiger partial charge in [0.05, 0.1) is 5.56 Å². The Morgan fingerprint density at radius 2 is 1.81 bits per heavy atom. The highest BCUT2D eigenvalue weighted by molar-refractivity contribution is 6.22. The summed E-state index contributed by atoms with van der Waals surface area (Å²) in [6.07, 6.45) is 6.43. The molecule has 3 unspecified atom stereocenters. The van der Waals surface area contributed by atoms with E-state index in [4.69, 9.17) is 5.73 Å². The fourth-order valence-corrected chi connectivity index (χ4v) is 6.97. The molecular formula is C28H34N2O7. The summed E-state index contributed by atoms with van der Waals surface area (Å²) in [5, 5.41) is 44.9. The summed E-state index contributed by atoms with van der Waals surface area (Å²) < 4.78 is 0. The first-order chi connectivity index (χ1) is 17.5. The summed E-state index contributed by atoms with van der Waals surface area (Å²) in [7, 11) is 3.75. The first-order valence-corrected chi connectivity index (χ1v) is 13.0. The zero-order valence-corrected chi connectivity index (χ0v) is 21.2. The number of amides is 1. The third-order valence-electron chi connectivity index (χ3n) is 8.90. The van der Waals surface area contributed by atoms with Crippen molar-refractivity contribution in [1.29, 1.82) is 0 Å². The SMILES string of the molecule is CN(C)c1cc(CCC2CCCC2)c(O)c2c1CC1CC3CC(=O)C(C(N)=O)=C(O)C3(O)C(=O)C1=C2O. The summed E-state index contributed by atoms with van der Waals surface area (Å²) in [4.78, 5) is 40.0. The smallest absolute Gasteiger partial charge is 0.255 e. The van der Waals surface area contributed by atoms with E-state index in [0.29, 0.717) is 29.9 Å². The molecule has 5 rings (SSSR count). The maximum Gasteiger partial charge on any atom is 0.255 e. The van der Waals surface area contributed by atoms with E-state index in [1.165, 1.54) is 25.7 Å². The van der Waals surface area contributed by atoms with Gasteiger partial charge in [-0.1, -0.05) is 25.7 Å². The van der Waals surface area contributed by atoms with Gasteiger partial charge in [0.15, 0.2) is 11.4 Å². The fraction of sp³-hybridized carbons (Fsp3) is 0.536. The number of fused-ring (bicyclic) bond motifs is 3. The number of benzene rings is 1. The number of primary amides is 1. The number of rotatable bonds is 5. The number of carbonyl (C=O) groups is 3. The number of Topliss-reactive ketones (excluding diaryl/α,β-unsaturated/α-hetero) is 2. The van der Waals surface area contributed by atoms with Gasteiger partial charge in [0.2, 0.25) is 5.78 Å². The fourth-order valence-electron chi connectivity index (χ4n) is 6.97. The van der Waals surface area contributed by atoms with Crippen molar-refractivity contribution in [2.45, 2.75) is 63.4 Å². The molecule has 0 heterocycles. The molecule has 0 spiro atoms. The van der Waals surface area contributed by atoms with Crippen LogP contribution in [0.4, 0.5) is 5.69 Å². The second-order valence-corrected chi connectivity index (χ2v) is 11.2. The maximum atomic E-state index is 13.7. The van der Waals surface area contributed by atoms with Crippen molar-refractivity contribution in [2.75, 3.05) is 19.0 Å². The van der Waals surface area contributed by atoms with Crippen LogP contribution >= 0.6 is 0 Å². The summed E-state index contributed by atoms with van der Waals surface area (Å²) in [6, 6.07) is 1.94. The number of ketones is 2. The average molecular weight is 511 g/mol. The minimum absolute atomic E-state index is 0.0830. The van der Waals surface area contributed by atoms with E-state index in [1.807, 2.05) is 25.1 Å². The molecule has 2 fully saturated rings. The van der Waals surface area contributed by atoms with Crippen LogP contribution in [0.3, 0.4) is 0 Å². The number of aliphatic hydroxyl groups excluding tert-OH is 2. The van der Waals surface area contributed by atoms with Crippen molar-refractivity contribution < 1.29 is 34.8 Å². The molecule has 1 aromatic rings. The van der Waals surface area contributed by atoms with E-state index in [1.54, 1.807) is 0 Å². The van der Waals surface area contributed by atoms with Crippen LogP contribution in [0.5, 0.6) is 5.75 Å².